The zero-order chi connectivity index (χ0) is 7.54. The van der Waals surface area contributed by atoms with Gasteiger partial charge in [-0.25, -0.2) is 0 Å². The molecule has 11 heavy (non-hydrogen) atoms. The molecule has 0 saturated carbocycles. The van der Waals surface area contributed by atoms with Crippen molar-refractivity contribution in [1.29, 1.82) is 0 Å². The van der Waals surface area contributed by atoms with Gasteiger partial charge < -0.3 is 13.8 Å². The van der Waals surface area contributed by atoms with E-state index < -0.39 is 0 Å². The Morgan fingerprint density at radius 2 is 1.27 bits per heavy atom. The van der Waals surface area contributed by atoms with Crippen LogP contribution in [0.2, 0.25) is 0 Å². The smallest absolute Gasteiger partial charge is 0.343 e. The van der Waals surface area contributed by atoms with Crippen molar-refractivity contribution in [3.63, 3.8) is 0 Å². The summed E-state index contributed by atoms with van der Waals surface area (Å²) in [4.78, 5) is 0. The summed E-state index contributed by atoms with van der Waals surface area (Å²) in [6.07, 6.45) is 5.93. The topological polar surface area (TPSA) is 0 Å². The minimum absolute atomic E-state index is 0. The maximum Gasteiger partial charge on any atom is 1.00 e. The monoisotopic (exact) mass is 190 g/mol. The number of unbranched alkanes of at least 4 members (excludes halogenated alkanes) is 3. The quantitative estimate of drug-likeness (QED) is 0.345. The van der Waals surface area contributed by atoms with E-state index in [1.807, 2.05) is 0 Å². The molecule has 0 nitrogen and oxygen atoms in total. The molecule has 0 atom stereocenters. The zero-order valence-electron chi connectivity index (χ0n) is 8.95. The summed E-state index contributed by atoms with van der Waals surface area (Å²) in [5, 5.41) is 0. The van der Waals surface area contributed by atoms with E-state index in [4.69, 9.17) is 0 Å². The normalized spacial score (nSPS) is 6.55. The van der Waals surface area contributed by atoms with Crippen molar-refractivity contribution in [1.82, 2.24) is 0 Å². The summed E-state index contributed by atoms with van der Waals surface area (Å²) in [5.41, 5.74) is 0. The van der Waals surface area contributed by atoms with Gasteiger partial charge in [0.05, 0.1) is 0 Å². The van der Waals surface area contributed by atoms with Crippen LogP contribution in [0.3, 0.4) is 0 Å². The van der Waals surface area contributed by atoms with Crippen molar-refractivity contribution < 1.29 is 80.9 Å². The molecule has 0 heterocycles. The second-order valence-electron chi connectivity index (χ2n) is 2.06. The Kier molecular flexibility index (Phi) is 62.5. The molecule has 2 heteroatoms. The molecule has 0 radical (unpaired) electrons. The Bertz CT molecular complexity index is 28.7. The molecule has 0 aliphatic carbocycles. The molecule has 0 N–H and O–H groups in total. The third-order valence-electron chi connectivity index (χ3n) is 0.957. The Balaban J connectivity index is -0.0000000383. The third-order valence-corrected chi connectivity index (χ3v) is 0.957. The fraction of sp³-hybridized carbons (Fsp3) is 0.778. The Morgan fingerprint density at radius 3 is 1.27 bits per heavy atom. The van der Waals surface area contributed by atoms with Gasteiger partial charge in [0.1, 0.15) is 0 Å². The van der Waals surface area contributed by atoms with Gasteiger partial charge in [-0.1, -0.05) is 33.1 Å². The molecule has 0 saturated heterocycles. The molecule has 0 aromatic carbocycles. The summed E-state index contributed by atoms with van der Waals surface area (Å²) in [6, 6.07) is 0. The van der Waals surface area contributed by atoms with Crippen molar-refractivity contribution in [2.75, 3.05) is 0 Å². The Hall–Kier alpha value is 2.64. The van der Waals surface area contributed by atoms with Gasteiger partial charge in [0.15, 0.2) is 0 Å². The van der Waals surface area contributed by atoms with E-state index in [9.17, 15) is 0 Å². The molecule has 0 aromatic heterocycles. The van der Waals surface area contributed by atoms with Gasteiger partial charge in [0.25, 0.3) is 0 Å². The molecule has 0 aromatic rings. The van der Waals surface area contributed by atoms with Crippen LogP contribution in [-0.4, -0.2) is 0 Å². The summed E-state index contributed by atoms with van der Waals surface area (Å²) in [7, 11) is 0. The SMILES string of the molecule is [CH2-]CCC.[CH2-]CCCC.[K+].[Na+]. The predicted octanol–water partition coefficient (Wildman–Crippen LogP) is -2.36. The maximum atomic E-state index is 3.68. The standard InChI is InChI=1S/C5H11.C4H9.K.Na/c1-3-5-4-2;1-3-4-2;;/h1,3-5H2,2H3;1,3-4H2,2H3;;/q2*-1;2*+1. The Labute approximate surface area is 138 Å². The van der Waals surface area contributed by atoms with E-state index in [2.05, 4.69) is 27.7 Å². The second-order valence-corrected chi connectivity index (χ2v) is 2.06. The van der Waals surface area contributed by atoms with Crippen molar-refractivity contribution in [3.05, 3.63) is 13.8 Å². The van der Waals surface area contributed by atoms with E-state index in [1.54, 1.807) is 0 Å². The van der Waals surface area contributed by atoms with Gasteiger partial charge in [0, 0.05) is 0 Å². The minimum Gasteiger partial charge on any atom is -0.343 e. The number of hydrogen-bond donors (Lipinski definition) is 0. The van der Waals surface area contributed by atoms with E-state index in [-0.39, 0.29) is 80.9 Å². The molecule has 0 fully saturated rings. The zero-order valence-corrected chi connectivity index (χ0v) is 14.1. The van der Waals surface area contributed by atoms with E-state index in [0.717, 1.165) is 12.8 Å². The van der Waals surface area contributed by atoms with Crippen molar-refractivity contribution in [3.8, 4) is 0 Å². The van der Waals surface area contributed by atoms with Crippen LogP contribution in [0.15, 0.2) is 0 Å². The average Bonchev–Trinajstić information content (AvgIpc) is 1.91. The molecule has 0 unspecified atom stereocenters. The van der Waals surface area contributed by atoms with Crippen LogP contribution >= 0.6 is 0 Å². The van der Waals surface area contributed by atoms with Crippen LogP contribution in [0.1, 0.15) is 46.0 Å². The Morgan fingerprint density at radius 1 is 0.909 bits per heavy atom. The van der Waals surface area contributed by atoms with Gasteiger partial charge in [0.2, 0.25) is 0 Å². The maximum absolute atomic E-state index is 3.68. The fourth-order valence-corrected chi connectivity index (χ4v) is 0.250. The first-order valence-corrected chi connectivity index (χ1v) is 3.91. The van der Waals surface area contributed by atoms with Crippen LogP contribution in [0, 0.1) is 13.8 Å². The van der Waals surface area contributed by atoms with Crippen LogP contribution in [0.4, 0.5) is 0 Å². The van der Waals surface area contributed by atoms with Crippen molar-refractivity contribution in [2.24, 2.45) is 0 Å². The number of hydrogen-bond acceptors (Lipinski definition) is 0. The van der Waals surface area contributed by atoms with E-state index in [1.165, 1.54) is 19.3 Å². The molecule has 0 spiro atoms. The first-order chi connectivity index (χ1) is 4.33. The number of rotatable bonds is 3. The van der Waals surface area contributed by atoms with E-state index in [0.29, 0.717) is 0 Å². The van der Waals surface area contributed by atoms with Crippen molar-refractivity contribution in [2.45, 2.75) is 46.0 Å². The van der Waals surface area contributed by atoms with Gasteiger partial charge in [-0.3, -0.25) is 0 Å². The molecule has 0 amide bonds. The molecule has 0 rings (SSSR count). The summed E-state index contributed by atoms with van der Waals surface area (Å²) < 4.78 is 0. The first-order valence-electron chi connectivity index (χ1n) is 3.91. The first kappa shape index (κ1) is 23.4. The van der Waals surface area contributed by atoms with Gasteiger partial charge in [-0.2, -0.15) is 12.8 Å². The summed E-state index contributed by atoms with van der Waals surface area (Å²) >= 11 is 0. The predicted molar refractivity (Wildman–Crippen MR) is 45.1 cm³/mol. The summed E-state index contributed by atoms with van der Waals surface area (Å²) in [6.45, 7) is 11.6. The third kappa shape index (κ3) is 45.0. The van der Waals surface area contributed by atoms with Crippen LogP contribution in [0.5, 0.6) is 0 Å². The molecule has 0 bridgehead atoms. The van der Waals surface area contributed by atoms with Gasteiger partial charge in [-0.05, 0) is 0 Å². The van der Waals surface area contributed by atoms with Crippen LogP contribution in [-0.2, 0) is 0 Å². The van der Waals surface area contributed by atoms with E-state index >= 15 is 0 Å². The molecule has 0 aliphatic rings. The van der Waals surface area contributed by atoms with Crippen molar-refractivity contribution >= 4 is 0 Å². The van der Waals surface area contributed by atoms with Crippen LogP contribution < -0.4 is 80.9 Å². The van der Waals surface area contributed by atoms with Gasteiger partial charge in [-0.15, -0.1) is 0 Å². The second kappa shape index (κ2) is 29.3. The largest absolute Gasteiger partial charge is 1.00 e. The molecular weight excluding hydrogens is 170 g/mol. The molecule has 58 valence electrons. The minimum atomic E-state index is 0. The summed E-state index contributed by atoms with van der Waals surface area (Å²) in [5.74, 6) is 0. The van der Waals surface area contributed by atoms with Gasteiger partial charge >= 0.3 is 80.9 Å². The molecular formula is C9H20KNa. The average molecular weight is 190 g/mol. The van der Waals surface area contributed by atoms with Crippen LogP contribution in [0.25, 0.3) is 0 Å². The fourth-order valence-electron chi connectivity index (χ4n) is 0.250. The molecule has 0 aliphatic heterocycles.